The predicted molar refractivity (Wildman–Crippen MR) is 65.6 cm³/mol. The molecule has 0 aliphatic heterocycles. The highest BCUT2D eigenvalue weighted by Gasteiger charge is 2.53. The maximum atomic E-state index is 11.6. The third-order valence-corrected chi connectivity index (χ3v) is 3.34. The number of thiazole rings is 1. The van der Waals surface area contributed by atoms with Crippen molar-refractivity contribution >= 4 is 28.3 Å². The average molecular weight is 285 g/mol. The van der Waals surface area contributed by atoms with Crippen LogP contribution in [0.15, 0.2) is 5.38 Å². The Balaban J connectivity index is 1.92. The molecule has 1 aliphatic carbocycles. The molecule has 0 bridgehead atoms. The van der Waals surface area contributed by atoms with Gasteiger partial charge in [0.05, 0.1) is 6.61 Å². The van der Waals surface area contributed by atoms with Crippen LogP contribution in [0.5, 0.6) is 0 Å². The van der Waals surface area contributed by atoms with Crippen LogP contribution in [0.3, 0.4) is 0 Å². The number of anilines is 1. The lowest BCUT2D eigenvalue weighted by atomic mass is 10.4. The Hall–Kier alpha value is -2.03. The van der Waals surface area contributed by atoms with Crippen molar-refractivity contribution in [3.8, 4) is 0 Å². The minimum Gasteiger partial charge on any atom is -0.461 e. The average Bonchev–Trinajstić information content (AvgIpc) is 3.04. The highest BCUT2D eigenvalue weighted by molar-refractivity contribution is 7.14. The molecule has 1 aliphatic rings. The number of esters is 1. The summed E-state index contributed by atoms with van der Waals surface area (Å²) in [6.45, 7) is 1.92. The highest BCUT2D eigenvalue weighted by atomic mass is 32.1. The molecule has 1 fully saturated rings. The van der Waals surface area contributed by atoms with Crippen LogP contribution in [0.25, 0.3) is 0 Å². The second-order valence-electron chi connectivity index (χ2n) is 3.94. The van der Waals surface area contributed by atoms with Gasteiger partial charge in [0.15, 0.2) is 10.8 Å². The Kier molecular flexibility index (Phi) is 3.74. The second-order valence-corrected chi connectivity index (χ2v) is 4.80. The molecule has 1 aromatic rings. The van der Waals surface area contributed by atoms with Crippen LogP contribution < -0.4 is 5.32 Å². The molecule has 0 spiro atoms. The predicted octanol–water partition coefficient (Wildman–Crippen LogP) is 0.923. The molecule has 0 aromatic carbocycles. The van der Waals surface area contributed by atoms with Gasteiger partial charge in [-0.15, -0.1) is 11.3 Å². The van der Waals surface area contributed by atoms with E-state index in [9.17, 15) is 19.7 Å². The van der Waals surface area contributed by atoms with E-state index in [2.05, 4.69) is 10.3 Å². The first-order valence-electron chi connectivity index (χ1n) is 5.60. The zero-order chi connectivity index (χ0) is 14.0. The summed E-state index contributed by atoms with van der Waals surface area (Å²) in [5, 5.41) is 14.6. The molecule has 2 rings (SSSR count). The third kappa shape index (κ3) is 3.05. The summed E-state index contributed by atoms with van der Waals surface area (Å²) >= 11 is 1.07. The number of nitrogens with one attached hydrogen (secondary N) is 1. The lowest BCUT2D eigenvalue weighted by molar-refractivity contribution is -0.497. The van der Waals surface area contributed by atoms with Gasteiger partial charge in [0.2, 0.25) is 11.9 Å². The maximum Gasteiger partial charge on any atom is 0.357 e. The fraction of sp³-hybridized carbons (Fsp3) is 0.500. The monoisotopic (exact) mass is 285 g/mol. The molecule has 102 valence electrons. The smallest absolute Gasteiger partial charge is 0.357 e. The normalized spacial score (nSPS) is 20.7. The van der Waals surface area contributed by atoms with Crippen molar-refractivity contribution in [2.45, 2.75) is 19.4 Å². The van der Waals surface area contributed by atoms with E-state index >= 15 is 0 Å². The lowest BCUT2D eigenvalue weighted by Gasteiger charge is -1.98. The Morgan fingerprint density at radius 2 is 2.42 bits per heavy atom. The SMILES string of the molecule is CCOC(=O)c1csc(NC(=O)C2CC2[N+](=O)[O-])n1. The molecule has 1 aromatic heterocycles. The van der Waals surface area contributed by atoms with Crippen LogP contribution in [-0.4, -0.2) is 34.4 Å². The summed E-state index contributed by atoms with van der Waals surface area (Å²) in [6, 6.07) is -0.801. The fourth-order valence-corrected chi connectivity index (χ4v) is 2.21. The Morgan fingerprint density at radius 3 is 3.00 bits per heavy atom. The number of ether oxygens (including phenoxy) is 1. The summed E-state index contributed by atoms with van der Waals surface area (Å²) in [5.74, 6) is -1.61. The second kappa shape index (κ2) is 5.31. The summed E-state index contributed by atoms with van der Waals surface area (Å²) in [6.07, 6.45) is 0.245. The van der Waals surface area contributed by atoms with Gasteiger partial charge in [-0.2, -0.15) is 0 Å². The summed E-state index contributed by atoms with van der Waals surface area (Å²) in [4.78, 5) is 36.9. The Morgan fingerprint density at radius 1 is 1.68 bits per heavy atom. The number of carbonyl (C=O) groups is 2. The molecule has 0 saturated heterocycles. The molecule has 2 atom stereocenters. The van der Waals surface area contributed by atoms with Gasteiger partial charge in [0.1, 0.15) is 5.92 Å². The molecule has 1 N–H and O–H groups in total. The number of rotatable bonds is 5. The first-order chi connectivity index (χ1) is 9.02. The van der Waals surface area contributed by atoms with E-state index in [0.29, 0.717) is 0 Å². The van der Waals surface area contributed by atoms with Crippen molar-refractivity contribution < 1.29 is 19.2 Å². The van der Waals surface area contributed by atoms with Gasteiger partial charge in [-0.3, -0.25) is 14.9 Å². The highest BCUT2D eigenvalue weighted by Crippen LogP contribution is 2.34. The fourth-order valence-electron chi connectivity index (χ4n) is 1.52. The van der Waals surface area contributed by atoms with Crippen LogP contribution in [0, 0.1) is 16.0 Å². The molecule has 8 nitrogen and oxygen atoms in total. The van der Waals surface area contributed by atoms with Crippen molar-refractivity contribution in [3.63, 3.8) is 0 Å². The van der Waals surface area contributed by atoms with Crippen LogP contribution >= 0.6 is 11.3 Å². The van der Waals surface area contributed by atoms with E-state index in [1.54, 1.807) is 6.92 Å². The molecule has 1 heterocycles. The van der Waals surface area contributed by atoms with Crippen LogP contribution in [0.2, 0.25) is 0 Å². The Bertz CT molecular complexity index is 529. The molecule has 1 saturated carbocycles. The van der Waals surface area contributed by atoms with Gasteiger partial charge in [0.25, 0.3) is 0 Å². The summed E-state index contributed by atoms with van der Waals surface area (Å²) < 4.78 is 4.76. The number of aromatic nitrogens is 1. The third-order valence-electron chi connectivity index (χ3n) is 2.58. The van der Waals surface area contributed by atoms with Gasteiger partial charge in [0, 0.05) is 16.7 Å². The zero-order valence-electron chi connectivity index (χ0n) is 9.99. The van der Waals surface area contributed by atoms with Crippen molar-refractivity contribution in [1.29, 1.82) is 0 Å². The number of nitro groups is 1. The number of hydrogen-bond acceptors (Lipinski definition) is 7. The molecule has 2 unspecified atom stereocenters. The minimum absolute atomic E-state index is 0.115. The van der Waals surface area contributed by atoms with E-state index in [1.807, 2.05) is 0 Å². The molecule has 1 amide bonds. The van der Waals surface area contributed by atoms with Crippen molar-refractivity contribution in [3.05, 3.63) is 21.2 Å². The molecular weight excluding hydrogens is 274 g/mol. The van der Waals surface area contributed by atoms with Crippen LogP contribution in [0.1, 0.15) is 23.8 Å². The number of nitrogens with zero attached hydrogens (tertiary/aromatic N) is 2. The Labute approximate surface area is 111 Å². The summed E-state index contributed by atoms with van der Waals surface area (Å²) in [5.41, 5.74) is 0.115. The molecule has 0 radical (unpaired) electrons. The van der Waals surface area contributed by atoms with Crippen molar-refractivity contribution in [2.75, 3.05) is 11.9 Å². The van der Waals surface area contributed by atoms with Gasteiger partial charge in [-0.05, 0) is 6.92 Å². The van der Waals surface area contributed by atoms with E-state index in [1.165, 1.54) is 5.38 Å². The first-order valence-corrected chi connectivity index (χ1v) is 6.48. The first kappa shape index (κ1) is 13.4. The molecule has 19 heavy (non-hydrogen) atoms. The van der Waals surface area contributed by atoms with Crippen LogP contribution in [0.4, 0.5) is 5.13 Å². The molecular formula is C10H11N3O5S. The zero-order valence-corrected chi connectivity index (χ0v) is 10.8. The van der Waals surface area contributed by atoms with Gasteiger partial charge >= 0.3 is 5.97 Å². The van der Waals surface area contributed by atoms with Crippen molar-refractivity contribution in [1.82, 2.24) is 4.98 Å². The van der Waals surface area contributed by atoms with Gasteiger partial charge < -0.3 is 10.1 Å². The van der Waals surface area contributed by atoms with E-state index in [-0.39, 0.29) is 23.9 Å². The number of carbonyl (C=O) groups excluding carboxylic acids is 2. The quantitative estimate of drug-likeness (QED) is 0.489. The number of amides is 1. The van der Waals surface area contributed by atoms with Gasteiger partial charge in [-0.25, -0.2) is 9.78 Å². The van der Waals surface area contributed by atoms with E-state index < -0.39 is 28.8 Å². The van der Waals surface area contributed by atoms with E-state index in [4.69, 9.17) is 4.74 Å². The topological polar surface area (TPSA) is 111 Å². The lowest BCUT2D eigenvalue weighted by Crippen LogP contribution is -2.18. The minimum atomic E-state index is -0.801. The largest absolute Gasteiger partial charge is 0.461 e. The van der Waals surface area contributed by atoms with Crippen molar-refractivity contribution in [2.24, 2.45) is 5.92 Å². The van der Waals surface area contributed by atoms with Crippen LogP contribution in [-0.2, 0) is 9.53 Å². The standard InChI is InChI=1S/C10H11N3O5S/c1-2-18-9(15)6-4-19-10(11-6)12-8(14)5-3-7(5)13(16)17/h4-5,7H,2-3H2,1H3,(H,11,12,14). The van der Waals surface area contributed by atoms with E-state index in [0.717, 1.165) is 11.3 Å². The number of hydrogen-bond donors (Lipinski definition) is 1. The van der Waals surface area contributed by atoms with Gasteiger partial charge in [-0.1, -0.05) is 0 Å². The summed E-state index contributed by atoms with van der Waals surface area (Å²) in [7, 11) is 0. The maximum absolute atomic E-state index is 11.6. The molecule has 9 heteroatoms.